The molecule has 0 saturated carbocycles. The van der Waals surface area contributed by atoms with Gasteiger partial charge in [0.1, 0.15) is 11.5 Å². The van der Waals surface area contributed by atoms with Gasteiger partial charge in [-0.05, 0) is 49.1 Å². The molecule has 0 fully saturated rings. The molecule has 0 radical (unpaired) electrons. The number of para-hydroxylation sites is 1. The highest BCUT2D eigenvalue weighted by Gasteiger charge is 2.01. The molecule has 1 N–H and O–H groups in total. The van der Waals surface area contributed by atoms with E-state index in [0.717, 1.165) is 24.6 Å². The van der Waals surface area contributed by atoms with Crippen molar-refractivity contribution < 1.29 is 4.74 Å². The quantitative estimate of drug-likeness (QED) is 0.713. The Labute approximate surface area is 131 Å². The molecule has 0 aliphatic rings. The van der Waals surface area contributed by atoms with Gasteiger partial charge in [0.25, 0.3) is 0 Å². The number of hydrogen-bond donors (Lipinski definition) is 1. The van der Waals surface area contributed by atoms with E-state index in [1.807, 2.05) is 54.2 Å². The molecule has 0 heterocycles. The predicted octanol–water partition coefficient (Wildman–Crippen LogP) is 4.71. The third-order valence-electron chi connectivity index (χ3n) is 3.34. The van der Waals surface area contributed by atoms with Gasteiger partial charge in [-0.3, -0.25) is 0 Å². The SMILES string of the molecule is CSC(C)CCNCc1cccc(Oc2ccccc2)c1. The van der Waals surface area contributed by atoms with Gasteiger partial charge in [-0.2, -0.15) is 11.8 Å². The van der Waals surface area contributed by atoms with Crippen LogP contribution in [0.25, 0.3) is 0 Å². The lowest BCUT2D eigenvalue weighted by Crippen LogP contribution is -2.17. The number of hydrogen-bond acceptors (Lipinski definition) is 3. The summed E-state index contributed by atoms with van der Waals surface area (Å²) in [4.78, 5) is 0. The number of rotatable bonds is 8. The van der Waals surface area contributed by atoms with Crippen LogP contribution in [0.1, 0.15) is 18.9 Å². The summed E-state index contributed by atoms with van der Waals surface area (Å²) >= 11 is 1.91. The molecule has 2 rings (SSSR count). The highest BCUT2D eigenvalue weighted by Crippen LogP contribution is 2.21. The van der Waals surface area contributed by atoms with Crippen LogP contribution in [0.2, 0.25) is 0 Å². The molecule has 0 amide bonds. The first kappa shape index (κ1) is 15.9. The van der Waals surface area contributed by atoms with Crippen molar-refractivity contribution in [2.45, 2.75) is 25.1 Å². The van der Waals surface area contributed by atoms with E-state index >= 15 is 0 Å². The topological polar surface area (TPSA) is 21.3 Å². The van der Waals surface area contributed by atoms with Crippen LogP contribution >= 0.6 is 11.8 Å². The van der Waals surface area contributed by atoms with E-state index in [2.05, 4.69) is 30.6 Å². The minimum absolute atomic E-state index is 0.713. The van der Waals surface area contributed by atoms with E-state index in [9.17, 15) is 0 Å². The molecule has 2 aromatic rings. The first-order valence-corrected chi connectivity index (χ1v) is 8.62. The predicted molar refractivity (Wildman–Crippen MR) is 92.3 cm³/mol. The lowest BCUT2D eigenvalue weighted by molar-refractivity contribution is 0.481. The van der Waals surface area contributed by atoms with Crippen molar-refractivity contribution >= 4 is 11.8 Å². The van der Waals surface area contributed by atoms with Crippen molar-refractivity contribution in [3.63, 3.8) is 0 Å². The Morgan fingerprint density at radius 3 is 2.57 bits per heavy atom. The summed E-state index contributed by atoms with van der Waals surface area (Å²) in [5.74, 6) is 1.76. The molecule has 112 valence electrons. The number of benzene rings is 2. The number of ether oxygens (including phenoxy) is 1. The molecule has 0 aliphatic heterocycles. The fourth-order valence-electron chi connectivity index (χ4n) is 2.00. The summed E-state index contributed by atoms with van der Waals surface area (Å²) in [5, 5.41) is 4.20. The number of nitrogens with one attached hydrogen (secondary N) is 1. The molecule has 2 aromatic carbocycles. The zero-order chi connectivity index (χ0) is 14.9. The van der Waals surface area contributed by atoms with Gasteiger partial charge >= 0.3 is 0 Å². The Morgan fingerprint density at radius 2 is 1.81 bits per heavy atom. The van der Waals surface area contributed by atoms with Crippen LogP contribution in [0.15, 0.2) is 54.6 Å². The second kappa shape index (κ2) is 8.75. The maximum Gasteiger partial charge on any atom is 0.127 e. The van der Waals surface area contributed by atoms with Gasteiger partial charge in [-0.25, -0.2) is 0 Å². The van der Waals surface area contributed by atoms with Crippen LogP contribution in [-0.4, -0.2) is 18.1 Å². The van der Waals surface area contributed by atoms with E-state index in [1.54, 1.807) is 0 Å². The van der Waals surface area contributed by atoms with Crippen molar-refractivity contribution in [2.24, 2.45) is 0 Å². The van der Waals surface area contributed by atoms with Crippen molar-refractivity contribution in [2.75, 3.05) is 12.8 Å². The Balaban J connectivity index is 1.83. The largest absolute Gasteiger partial charge is 0.457 e. The molecule has 21 heavy (non-hydrogen) atoms. The molecule has 2 nitrogen and oxygen atoms in total. The Hall–Kier alpha value is -1.45. The van der Waals surface area contributed by atoms with Crippen LogP contribution < -0.4 is 10.1 Å². The third-order valence-corrected chi connectivity index (χ3v) is 4.38. The highest BCUT2D eigenvalue weighted by atomic mass is 32.2. The van der Waals surface area contributed by atoms with Gasteiger partial charge in [-0.15, -0.1) is 0 Å². The Bertz CT molecular complexity index is 530. The molecule has 1 atom stereocenters. The Morgan fingerprint density at radius 1 is 1.05 bits per heavy atom. The van der Waals surface area contributed by atoms with Crippen molar-refractivity contribution in [3.05, 3.63) is 60.2 Å². The van der Waals surface area contributed by atoms with Crippen LogP contribution in [0.4, 0.5) is 0 Å². The third kappa shape index (κ3) is 5.82. The summed E-state index contributed by atoms with van der Waals surface area (Å²) < 4.78 is 5.85. The normalized spacial score (nSPS) is 12.1. The molecule has 0 aliphatic carbocycles. The molecule has 0 bridgehead atoms. The minimum atomic E-state index is 0.713. The van der Waals surface area contributed by atoms with Crippen molar-refractivity contribution in [1.29, 1.82) is 0 Å². The molecule has 0 aromatic heterocycles. The first-order valence-electron chi connectivity index (χ1n) is 7.33. The molecular formula is C18H23NOS. The maximum atomic E-state index is 5.85. The van der Waals surface area contributed by atoms with Crippen LogP contribution in [0.3, 0.4) is 0 Å². The lowest BCUT2D eigenvalue weighted by atomic mass is 10.2. The molecule has 3 heteroatoms. The fourth-order valence-corrected chi connectivity index (χ4v) is 2.35. The van der Waals surface area contributed by atoms with Gasteiger partial charge < -0.3 is 10.1 Å². The van der Waals surface area contributed by atoms with Gasteiger partial charge in [0, 0.05) is 11.8 Å². The zero-order valence-corrected chi connectivity index (χ0v) is 13.5. The van der Waals surface area contributed by atoms with Crippen LogP contribution in [0.5, 0.6) is 11.5 Å². The van der Waals surface area contributed by atoms with E-state index in [1.165, 1.54) is 12.0 Å². The molecular weight excluding hydrogens is 278 g/mol. The second-order valence-electron chi connectivity index (χ2n) is 5.07. The van der Waals surface area contributed by atoms with Crippen LogP contribution in [0, 0.1) is 0 Å². The summed E-state index contributed by atoms with van der Waals surface area (Å²) in [6.45, 7) is 4.19. The Kier molecular flexibility index (Phi) is 6.64. The summed E-state index contributed by atoms with van der Waals surface area (Å²) in [6.07, 6.45) is 3.36. The molecule has 1 unspecified atom stereocenters. The lowest BCUT2D eigenvalue weighted by Gasteiger charge is -2.10. The minimum Gasteiger partial charge on any atom is -0.457 e. The van der Waals surface area contributed by atoms with Gasteiger partial charge in [0.2, 0.25) is 0 Å². The van der Waals surface area contributed by atoms with E-state index in [-0.39, 0.29) is 0 Å². The van der Waals surface area contributed by atoms with Gasteiger partial charge in [-0.1, -0.05) is 37.3 Å². The second-order valence-corrected chi connectivity index (χ2v) is 6.35. The fraction of sp³-hybridized carbons (Fsp3) is 0.333. The van der Waals surface area contributed by atoms with E-state index in [0.29, 0.717) is 5.25 Å². The van der Waals surface area contributed by atoms with Gasteiger partial charge in [0.15, 0.2) is 0 Å². The molecule has 0 saturated heterocycles. The maximum absolute atomic E-state index is 5.85. The summed E-state index contributed by atoms with van der Waals surface area (Å²) in [7, 11) is 0. The molecule has 0 spiro atoms. The zero-order valence-electron chi connectivity index (χ0n) is 12.7. The van der Waals surface area contributed by atoms with E-state index in [4.69, 9.17) is 4.74 Å². The highest BCUT2D eigenvalue weighted by molar-refractivity contribution is 7.99. The van der Waals surface area contributed by atoms with Gasteiger partial charge in [0.05, 0.1) is 0 Å². The first-order chi connectivity index (χ1) is 10.3. The van der Waals surface area contributed by atoms with Crippen molar-refractivity contribution in [1.82, 2.24) is 5.32 Å². The monoisotopic (exact) mass is 301 g/mol. The smallest absolute Gasteiger partial charge is 0.127 e. The summed E-state index contributed by atoms with van der Waals surface area (Å²) in [6, 6.07) is 18.1. The standard InChI is InChI=1S/C18H23NOS/c1-15(21-2)11-12-19-14-16-7-6-10-18(13-16)20-17-8-4-3-5-9-17/h3-10,13,15,19H,11-12,14H2,1-2H3. The van der Waals surface area contributed by atoms with Crippen molar-refractivity contribution in [3.8, 4) is 11.5 Å². The summed E-state index contributed by atoms with van der Waals surface area (Å²) in [5.41, 5.74) is 1.25. The van der Waals surface area contributed by atoms with E-state index < -0.39 is 0 Å². The number of thioether (sulfide) groups is 1. The average molecular weight is 301 g/mol. The average Bonchev–Trinajstić information content (AvgIpc) is 2.52. The van der Waals surface area contributed by atoms with Crippen LogP contribution in [-0.2, 0) is 6.54 Å².